The second-order valence-corrected chi connectivity index (χ2v) is 8.44. The molecule has 0 fully saturated rings. The highest BCUT2D eigenvalue weighted by Gasteiger charge is 2.35. The van der Waals surface area contributed by atoms with Crippen molar-refractivity contribution in [2.45, 2.75) is 16.9 Å². The first-order valence-corrected chi connectivity index (χ1v) is 10.9. The fourth-order valence-electron chi connectivity index (χ4n) is 2.58. The molecule has 0 saturated heterocycles. The van der Waals surface area contributed by atoms with Gasteiger partial charge in [0.1, 0.15) is 0 Å². The molecule has 11 heteroatoms. The van der Waals surface area contributed by atoms with Gasteiger partial charge in [0.2, 0.25) is 11.0 Å². The third-order valence-electron chi connectivity index (χ3n) is 4.01. The fourth-order valence-corrected chi connectivity index (χ4v) is 4.16. The minimum Gasteiger partial charge on any atom is -0.355 e. The van der Waals surface area contributed by atoms with Crippen LogP contribution in [0.2, 0.25) is 0 Å². The maximum absolute atomic E-state index is 13.1. The molecule has 0 saturated carbocycles. The average molecular weight is 467 g/mol. The van der Waals surface area contributed by atoms with Crippen molar-refractivity contribution in [2.24, 2.45) is 0 Å². The highest BCUT2D eigenvalue weighted by atomic mass is 32.2. The number of aromatic nitrogens is 2. The summed E-state index contributed by atoms with van der Waals surface area (Å²) in [4.78, 5) is 24.2. The predicted octanol–water partition coefficient (Wildman–Crippen LogP) is 4.26. The van der Waals surface area contributed by atoms with Crippen LogP contribution in [0.3, 0.4) is 0 Å². The molecule has 3 rings (SSSR count). The minimum atomic E-state index is -4.65. The zero-order chi connectivity index (χ0) is 22.3. The topological polar surface area (TPSA) is 84.0 Å². The Bertz CT molecular complexity index is 1040. The number of benzene rings is 2. The van der Waals surface area contributed by atoms with Crippen molar-refractivity contribution in [3.05, 3.63) is 71.3 Å². The molecule has 0 aliphatic carbocycles. The van der Waals surface area contributed by atoms with E-state index in [1.807, 2.05) is 30.3 Å². The van der Waals surface area contributed by atoms with Crippen molar-refractivity contribution >= 4 is 40.0 Å². The molecule has 31 heavy (non-hydrogen) atoms. The van der Waals surface area contributed by atoms with E-state index in [1.54, 1.807) is 0 Å². The summed E-state index contributed by atoms with van der Waals surface area (Å²) in [5, 5.41) is 12.8. The first-order valence-electron chi connectivity index (χ1n) is 9.07. The van der Waals surface area contributed by atoms with Crippen molar-refractivity contribution in [3.63, 3.8) is 0 Å². The van der Waals surface area contributed by atoms with Crippen LogP contribution in [0, 0.1) is 0 Å². The van der Waals surface area contributed by atoms with Gasteiger partial charge in [-0.25, -0.2) is 0 Å². The number of nitrogens with zero attached hydrogens (tertiary/aromatic N) is 2. The lowest BCUT2D eigenvalue weighted by Gasteiger charge is -2.11. The monoisotopic (exact) mass is 466 g/mol. The first-order chi connectivity index (χ1) is 14.8. The Balaban J connectivity index is 1.48. The molecule has 162 valence electrons. The van der Waals surface area contributed by atoms with Gasteiger partial charge in [-0.15, -0.1) is 10.2 Å². The van der Waals surface area contributed by atoms with Crippen molar-refractivity contribution in [2.75, 3.05) is 17.6 Å². The van der Waals surface area contributed by atoms with Crippen LogP contribution in [0.15, 0.2) is 58.9 Å². The Hall–Kier alpha value is -2.92. The summed E-state index contributed by atoms with van der Waals surface area (Å²) in [6, 6.07) is 14.2. The Morgan fingerprint density at radius 1 is 1.00 bits per heavy atom. The van der Waals surface area contributed by atoms with Crippen LogP contribution >= 0.6 is 23.1 Å². The Morgan fingerprint density at radius 3 is 2.45 bits per heavy atom. The largest absolute Gasteiger partial charge is 0.417 e. The first kappa shape index (κ1) is 22.8. The summed E-state index contributed by atoms with van der Waals surface area (Å²) < 4.78 is 39.6. The van der Waals surface area contributed by atoms with Crippen LogP contribution in [0.1, 0.15) is 21.5 Å². The van der Waals surface area contributed by atoms with E-state index in [1.165, 1.54) is 12.1 Å². The summed E-state index contributed by atoms with van der Waals surface area (Å²) in [6.07, 6.45) is -3.93. The lowest BCUT2D eigenvalue weighted by Crippen LogP contribution is -2.27. The van der Waals surface area contributed by atoms with E-state index in [-0.39, 0.29) is 16.8 Å². The highest BCUT2D eigenvalue weighted by molar-refractivity contribution is 8.01. The Morgan fingerprint density at radius 2 is 1.71 bits per heavy atom. The molecule has 1 aromatic heterocycles. The van der Waals surface area contributed by atoms with Gasteiger partial charge in [-0.05, 0) is 24.1 Å². The van der Waals surface area contributed by atoms with Crippen LogP contribution in [0.4, 0.5) is 18.3 Å². The molecular weight excluding hydrogens is 449 g/mol. The number of nitrogens with one attached hydrogen (secondary N) is 2. The average Bonchev–Trinajstić information content (AvgIpc) is 3.19. The zero-order valence-corrected chi connectivity index (χ0v) is 17.6. The van der Waals surface area contributed by atoms with Crippen molar-refractivity contribution < 1.29 is 22.8 Å². The van der Waals surface area contributed by atoms with E-state index in [0.29, 0.717) is 17.3 Å². The molecule has 3 aromatic rings. The van der Waals surface area contributed by atoms with Crippen LogP contribution in [0.5, 0.6) is 0 Å². The minimum absolute atomic E-state index is 0.0500. The number of carbonyl (C=O) groups is 2. The summed E-state index contributed by atoms with van der Waals surface area (Å²) in [5.41, 5.74) is -0.414. The van der Waals surface area contributed by atoms with Crippen molar-refractivity contribution in [3.8, 4) is 0 Å². The quantitative estimate of drug-likeness (QED) is 0.383. The molecule has 6 nitrogen and oxygen atoms in total. The van der Waals surface area contributed by atoms with Gasteiger partial charge in [0.25, 0.3) is 5.91 Å². The zero-order valence-electron chi connectivity index (χ0n) is 16.0. The number of alkyl halides is 3. The Kier molecular flexibility index (Phi) is 7.64. The van der Waals surface area contributed by atoms with E-state index in [2.05, 4.69) is 20.8 Å². The summed E-state index contributed by atoms with van der Waals surface area (Å²) in [6.45, 7) is 0.499. The number of amides is 2. The molecule has 1 heterocycles. The van der Waals surface area contributed by atoms with E-state index >= 15 is 0 Å². The summed E-state index contributed by atoms with van der Waals surface area (Å²) in [7, 11) is 0. The molecule has 0 unspecified atom stereocenters. The smallest absolute Gasteiger partial charge is 0.355 e. The number of carbonyl (C=O) groups excluding carboxylic acids is 2. The molecule has 2 aromatic carbocycles. The molecule has 2 N–H and O–H groups in total. The number of anilines is 1. The maximum atomic E-state index is 13.1. The normalized spacial score (nSPS) is 11.2. The van der Waals surface area contributed by atoms with Gasteiger partial charge in [-0.3, -0.25) is 14.9 Å². The number of hydrogen-bond donors (Lipinski definition) is 2. The molecule has 2 amide bonds. The van der Waals surface area contributed by atoms with Crippen LogP contribution in [-0.2, 0) is 17.4 Å². The third kappa shape index (κ3) is 6.79. The van der Waals surface area contributed by atoms with Gasteiger partial charge in [-0.2, -0.15) is 13.2 Å². The number of halogens is 3. The highest BCUT2D eigenvalue weighted by Crippen LogP contribution is 2.32. The van der Waals surface area contributed by atoms with Crippen LogP contribution < -0.4 is 10.6 Å². The van der Waals surface area contributed by atoms with Gasteiger partial charge in [0.15, 0.2) is 4.34 Å². The van der Waals surface area contributed by atoms with Gasteiger partial charge in [0.05, 0.1) is 16.9 Å². The molecule has 0 bridgehead atoms. The molecule has 0 spiro atoms. The summed E-state index contributed by atoms with van der Waals surface area (Å²) in [5.74, 6) is -1.01. The Labute approximate surface area is 184 Å². The van der Waals surface area contributed by atoms with Crippen LogP contribution in [0.25, 0.3) is 0 Å². The molecule has 0 radical (unpaired) electrons. The van der Waals surface area contributed by atoms with E-state index in [0.717, 1.165) is 40.8 Å². The van der Waals surface area contributed by atoms with Crippen LogP contribution in [-0.4, -0.2) is 34.3 Å². The van der Waals surface area contributed by atoms with Gasteiger partial charge < -0.3 is 5.32 Å². The SMILES string of the molecule is O=C(CSc1nnc(NC(=O)c2ccccc2C(F)(F)F)s1)NCCc1ccccc1. The molecule has 0 aliphatic rings. The van der Waals surface area contributed by atoms with Crippen molar-refractivity contribution in [1.29, 1.82) is 0 Å². The maximum Gasteiger partial charge on any atom is 0.417 e. The van der Waals surface area contributed by atoms with E-state index in [4.69, 9.17) is 0 Å². The molecule has 0 aliphatic heterocycles. The molecule has 0 atom stereocenters. The fraction of sp³-hybridized carbons (Fsp3) is 0.200. The lowest BCUT2D eigenvalue weighted by atomic mass is 10.1. The lowest BCUT2D eigenvalue weighted by molar-refractivity contribution is -0.137. The van der Waals surface area contributed by atoms with Crippen molar-refractivity contribution in [1.82, 2.24) is 15.5 Å². The third-order valence-corrected chi connectivity index (χ3v) is 5.98. The number of rotatable bonds is 8. The van der Waals surface area contributed by atoms with E-state index in [9.17, 15) is 22.8 Å². The standard InChI is InChI=1S/C20H17F3N4O2S2/c21-20(22,23)15-9-5-4-8-14(15)17(29)25-18-26-27-19(31-18)30-12-16(28)24-11-10-13-6-2-1-3-7-13/h1-9H,10-12H2,(H,24,28)(H,25,26,29). The van der Waals surface area contributed by atoms with Gasteiger partial charge >= 0.3 is 6.18 Å². The number of thioether (sulfide) groups is 1. The summed E-state index contributed by atoms with van der Waals surface area (Å²) >= 11 is 2.11. The second-order valence-electron chi connectivity index (χ2n) is 6.24. The molecular formula is C20H17F3N4O2S2. The number of hydrogen-bond acceptors (Lipinski definition) is 6. The second kappa shape index (κ2) is 10.4. The van der Waals surface area contributed by atoms with Gasteiger partial charge in [0, 0.05) is 6.54 Å². The predicted molar refractivity (Wildman–Crippen MR) is 113 cm³/mol. The van der Waals surface area contributed by atoms with E-state index < -0.39 is 23.2 Å². The van der Waals surface area contributed by atoms with Gasteiger partial charge in [-0.1, -0.05) is 65.6 Å².